The predicted molar refractivity (Wildman–Crippen MR) is 79.6 cm³/mol. The highest BCUT2D eigenvalue weighted by Crippen LogP contribution is 2.38. The number of carbonyl (C=O) groups excluding carboxylic acids is 1. The summed E-state index contributed by atoms with van der Waals surface area (Å²) < 4.78 is 5.67. The van der Waals surface area contributed by atoms with Gasteiger partial charge in [0.2, 0.25) is 5.91 Å². The monoisotopic (exact) mass is 294 g/mol. The van der Waals surface area contributed by atoms with Crippen LogP contribution in [0, 0.1) is 0 Å². The van der Waals surface area contributed by atoms with E-state index in [-0.39, 0.29) is 24.2 Å². The molecule has 2 saturated heterocycles. The Morgan fingerprint density at radius 3 is 2.95 bits per heavy atom. The predicted octanol–water partition coefficient (Wildman–Crippen LogP) is 2.52. The van der Waals surface area contributed by atoms with Crippen molar-refractivity contribution in [2.75, 3.05) is 6.61 Å². The van der Waals surface area contributed by atoms with Gasteiger partial charge in [-0.3, -0.25) is 10.1 Å². The lowest BCUT2D eigenvalue weighted by Crippen LogP contribution is -2.46. The maximum absolute atomic E-state index is 12.9. The highest BCUT2D eigenvalue weighted by atomic mass is 32.1. The Hall–Kier alpha value is -0.910. The van der Waals surface area contributed by atoms with Crippen LogP contribution < -0.4 is 5.32 Å². The van der Waals surface area contributed by atoms with Crippen molar-refractivity contribution >= 4 is 17.2 Å². The van der Waals surface area contributed by atoms with Crippen molar-refractivity contribution in [1.82, 2.24) is 10.2 Å². The van der Waals surface area contributed by atoms with E-state index in [0.717, 1.165) is 19.4 Å². The fourth-order valence-corrected chi connectivity index (χ4v) is 3.87. The minimum atomic E-state index is -0.463. The van der Waals surface area contributed by atoms with E-state index in [2.05, 4.69) is 36.0 Å². The molecular formula is C15H22N2O2S. The summed E-state index contributed by atoms with van der Waals surface area (Å²) in [5.74, 6) is 0.207. The average molecular weight is 294 g/mol. The third-order valence-corrected chi connectivity index (χ3v) is 5.40. The largest absolute Gasteiger partial charge is 0.376 e. The van der Waals surface area contributed by atoms with Crippen LogP contribution in [0.15, 0.2) is 16.8 Å². The Kier molecular flexibility index (Phi) is 3.60. The van der Waals surface area contributed by atoms with Crippen LogP contribution in [0.2, 0.25) is 0 Å². The molecule has 3 heterocycles. The van der Waals surface area contributed by atoms with Gasteiger partial charge in [-0.15, -0.1) is 0 Å². The zero-order valence-corrected chi connectivity index (χ0v) is 13.1. The molecule has 4 nitrogen and oxygen atoms in total. The van der Waals surface area contributed by atoms with E-state index in [9.17, 15) is 4.79 Å². The first-order valence-corrected chi connectivity index (χ1v) is 8.25. The van der Waals surface area contributed by atoms with Gasteiger partial charge < -0.3 is 9.64 Å². The van der Waals surface area contributed by atoms with Gasteiger partial charge in [0, 0.05) is 6.61 Å². The van der Waals surface area contributed by atoms with Gasteiger partial charge in [-0.25, -0.2) is 0 Å². The molecule has 0 spiro atoms. The molecule has 2 aliphatic rings. The lowest BCUT2D eigenvalue weighted by molar-refractivity contribution is -0.136. The summed E-state index contributed by atoms with van der Waals surface area (Å²) in [5.41, 5.74) is 0.717. The molecule has 1 aromatic rings. The normalized spacial score (nSPS) is 37.9. The second kappa shape index (κ2) is 5.13. The van der Waals surface area contributed by atoms with Gasteiger partial charge in [0.15, 0.2) is 0 Å². The zero-order chi connectivity index (χ0) is 14.3. The molecule has 4 atom stereocenters. The topological polar surface area (TPSA) is 41.6 Å². The first-order valence-electron chi connectivity index (χ1n) is 7.31. The fourth-order valence-electron chi connectivity index (χ4n) is 3.19. The second-order valence-corrected chi connectivity index (χ2v) is 6.71. The van der Waals surface area contributed by atoms with E-state index >= 15 is 0 Å². The fraction of sp³-hybridized carbons (Fsp3) is 0.667. The highest BCUT2D eigenvalue weighted by molar-refractivity contribution is 7.07. The number of ether oxygens (including phenoxy) is 1. The number of hydrogen-bond donors (Lipinski definition) is 1. The van der Waals surface area contributed by atoms with Crippen LogP contribution in [0.25, 0.3) is 0 Å². The third kappa shape index (κ3) is 2.08. The Labute approximate surface area is 124 Å². The van der Waals surface area contributed by atoms with Gasteiger partial charge >= 0.3 is 0 Å². The van der Waals surface area contributed by atoms with E-state index in [1.54, 1.807) is 11.3 Å². The molecule has 110 valence electrons. The molecule has 2 aliphatic heterocycles. The van der Waals surface area contributed by atoms with Gasteiger partial charge in [0.05, 0.1) is 17.7 Å². The van der Waals surface area contributed by atoms with Crippen molar-refractivity contribution < 1.29 is 9.53 Å². The minimum absolute atomic E-state index is 0.0205. The molecule has 1 aromatic heterocycles. The SMILES string of the molecule is CCC1(C)NC(c2ccsc2)N(C2CCOC2C)C1=O. The van der Waals surface area contributed by atoms with E-state index < -0.39 is 5.54 Å². The van der Waals surface area contributed by atoms with Crippen molar-refractivity contribution in [3.8, 4) is 0 Å². The number of thiophene rings is 1. The molecule has 0 radical (unpaired) electrons. The van der Waals surface area contributed by atoms with Crippen LogP contribution in [-0.4, -0.2) is 35.1 Å². The average Bonchev–Trinajstić information content (AvgIpc) is 3.13. The van der Waals surface area contributed by atoms with Gasteiger partial charge in [0.1, 0.15) is 6.17 Å². The van der Waals surface area contributed by atoms with Crippen LogP contribution in [0.5, 0.6) is 0 Å². The van der Waals surface area contributed by atoms with Crippen molar-refractivity contribution in [1.29, 1.82) is 0 Å². The quantitative estimate of drug-likeness (QED) is 0.931. The van der Waals surface area contributed by atoms with Crippen LogP contribution in [-0.2, 0) is 9.53 Å². The Morgan fingerprint density at radius 1 is 1.60 bits per heavy atom. The van der Waals surface area contributed by atoms with Crippen molar-refractivity contribution in [3.05, 3.63) is 22.4 Å². The van der Waals surface area contributed by atoms with Crippen molar-refractivity contribution in [2.45, 2.75) is 57.5 Å². The lowest BCUT2D eigenvalue weighted by atomic mass is 9.98. The molecule has 1 amide bonds. The first kappa shape index (κ1) is 14.0. The summed E-state index contributed by atoms with van der Waals surface area (Å²) in [6.07, 6.45) is 1.81. The second-order valence-electron chi connectivity index (χ2n) is 5.93. The molecule has 20 heavy (non-hydrogen) atoms. The Bertz CT molecular complexity index is 490. The van der Waals surface area contributed by atoms with E-state index in [1.807, 2.05) is 11.8 Å². The highest BCUT2D eigenvalue weighted by Gasteiger charge is 2.51. The van der Waals surface area contributed by atoms with Crippen molar-refractivity contribution in [3.63, 3.8) is 0 Å². The summed E-state index contributed by atoms with van der Waals surface area (Å²) in [7, 11) is 0. The molecule has 0 aromatic carbocycles. The van der Waals surface area contributed by atoms with Crippen LogP contribution >= 0.6 is 11.3 Å². The zero-order valence-electron chi connectivity index (χ0n) is 12.3. The lowest BCUT2D eigenvalue weighted by Gasteiger charge is -2.31. The number of carbonyl (C=O) groups is 1. The summed E-state index contributed by atoms with van der Waals surface area (Å²) in [6, 6.07) is 2.28. The van der Waals surface area contributed by atoms with E-state index in [0.29, 0.717) is 0 Å². The molecule has 2 fully saturated rings. The van der Waals surface area contributed by atoms with E-state index in [4.69, 9.17) is 4.74 Å². The van der Waals surface area contributed by atoms with Crippen molar-refractivity contribution in [2.24, 2.45) is 0 Å². The summed E-state index contributed by atoms with van der Waals surface area (Å²) >= 11 is 1.67. The van der Waals surface area contributed by atoms with Crippen LogP contribution in [0.4, 0.5) is 0 Å². The van der Waals surface area contributed by atoms with Crippen LogP contribution in [0.1, 0.15) is 45.3 Å². The van der Waals surface area contributed by atoms with Gasteiger partial charge in [0.25, 0.3) is 0 Å². The molecule has 0 bridgehead atoms. The number of nitrogens with one attached hydrogen (secondary N) is 1. The summed E-state index contributed by atoms with van der Waals surface area (Å²) in [4.78, 5) is 14.9. The Morgan fingerprint density at radius 2 is 2.40 bits per heavy atom. The molecule has 1 N–H and O–H groups in total. The molecule has 5 heteroatoms. The first-order chi connectivity index (χ1) is 9.57. The van der Waals surface area contributed by atoms with Gasteiger partial charge in [-0.1, -0.05) is 6.92 Å². The minimum Gasteiger partial charge on any atom is -0.376 e. The summed E-state index contributed by atoms with van der Waals surface area (Å²) in [6.45, 7) is 6.88. The molecular weight excluding hydrogens is 272 g/mol. The molecule has 3 rings (SSSR count). The maximum atomic E-state index is 12.9. The number of hydrogen-bond acceptors (Lipinski definition) is 4. The van der Waals surface area contributed by atoms with Gasteiger partial charge in [-0.2, -0.15) is 11.3 Å². The van der Waals surface area contributed by atoms with E-state index in [1.165, 1.54) is 5.56 Å². The molecule has 4 unspecified atom stereocenters. The van der Waals surface area contributed by atoms with Gasteiger partial charge in [-0.05, 0) is 49.1 Å². The number of amides is 1. The smallest absolute Gasteiger partial charge is 0.244 e. The number of nitrogens with zero attached hydrogens (tertiary/aromatic N) is 1. The third-order valence-electron chi connectivity index (χ3n) is 4.70. The summed E-state index contributed by atoms with van der Waals surface area (Å²) in [5, 5.41) is 7.73. The van der Waals surface area contributed by atoms with Crippen LogP contribution in [0.3, 0.4) is 0 Å². The molecule has 0 saturated carbocycles. The molecule has 0 aliphatic carbocycles. The standard InChI is InChI=1S/C15H22N2O2S/c1-4-15(3)14(18)17(12-5-7-19-10(12)2)13(16-15)11-6-8-20-9-11/h6,8-10,12-13,16H,4-5,7H2,1-3H3. The maximum Gasteiger partial charge on any atom is 0.244 e. The Balaban J connectivity index is 1.96. The number of rotatable bonds is 3.